The van der Waals surface area contributed by atoms with Crippen molar-refractivity contribution in [1.29, 1.82) is 0 Å². The normalized spacial score (nSPS) is 27.3. The van der Waals surface area contributed by atoms with E-state index in [1.165, 1.54) is 25.7 Å². The molecule has 14 heavy (non-hydrogen) atoms. The van der Waals surface area contributed by atoms with Crippen LogP contribution in [-0.2, 0) is 4.79 Å². The van der Waals surface area contributed by atoms with Gasteiger partial charge in [-0.3, -0.25) is 4.79 Å². The maximum absolute atomic E-state index is 11.3. The first-order valence-corrected chi connectivity index (χ1v) is 6.87. The number of hydrogen-bond donors (Lipinski definition) is 1. The number of carbonyl (C=O) groups excluding carboxylic acids is 1. The summed E-state index contributed by atoms with van der Waals surface area (Å²) in [7, 11) is 0. The Morgan fingerprint density at radius 2 is 2.00 bits per heavy atom. The Morgan fingerprint density at radius 1 is 1.36 bits per heavy atom. The van der Waals surface area contributed by atoms with Gasteiger partial charge in [-0.15, -0.1) is 0 Å². The number of hydrogen-bond acceptors (Lipinski definition) is 2. The van der Waals surface area contributed by atoms with E-state index in [0.29, 0.717) is 12.5 Å². The van der Waals surface area contributed by atoms with Crippen molar-refractivity contribution in [3.63, 3.8) is 0 Å². The zero-order valence-electron chi connectivity index (χ0n) is 9.21. The Morgan fingerprint density at radius 3 is 2.50 bits per heavy atom. The van der Waals surface area contributed by atoms with Gasteiger partial charge in [-0.2, -0.15) is 11.8 Å². The Balaban J connectivity index is 2.18. The third-order valence-electron chi connectivity index (χ3n) is 2.85. The minimum Gasteiger partial charge on any atom is -0.353 e. The molecule has 2 nitrogen and oxygen atoms in total. The maximum atomic E-state index is 11.3. The number of rotatable bonds is 4. The van der Waals surface area contributed by atoms with E-state index in [1.807, 2.05) is 18.7 Å². The van der Waals surface area contributed by atoms with Crippen LogP contribution >= 0.6 is 11.8 Å². The lowest BCUT2D eigenvalue weighted by Crippen LogP contribution is -2.37. The van der Waals surface area contributed by atoms with Gasteiger partial charge in [0.1, 0.15) is 0 Å². The molecule has 0 bridgehead atoms. The quantitative estimate of drug-likeness (QED) is 0.781. The van der Waals surface area contributed by atoms with Crippen LogP contribution in [0, 0.1) is 0 Å². The SMILES string of the molecule is CCCC(=O)NC1CCC(SC)CC1. The van der Waals surface area contributed by atoms with E-state index >= 15 is 0 Å². The highest BCUT2D eigenvalue weighted by Gasteiger charge is 2.21. The maximum Gasteiger partial charge on any atom is 0.220 e. The van der Waals surface area contributed by atoms with Crippen LogP contribution in [0.15, 0.2) is 0 Å². The molecule has 1 rings (SSSR count). The monoisotopic (exact) mass is 215 g/mol. The minimum absolute atomic E-state index is 0.236. The Labute approximate surface area is 91.2 Å². The molecule has 1 saturated carbocycles. The molecule has 0 aromatic rings. The van der Waals surface area contributed by atoms with Crippen molar-refractivity contribution < 1.29 is 4.79 Å². The van der Waals surface area contributed by atoms with Gasteiger partial charge in [0.2, 0.25) is 5.91 Å². The highest BCUT2D eigenvalue weighted by molar-refractivity contribution is 7.99. The average Bonchev–Trinajstić information content (AvgIpc) is 2.19. The summed E-state index contributed by atoms with van der Waals surface area (Å²) in [5, 5.41) is 3.94. The largest absolute Gasteiger partial charge is 0.353 e. The molecule has 1 aliphatic carbocycles. The fourth-order valence-corrected chi connectivity index (χ4v) is 2.71. The summed E-state index contributed by atoms with van der Waals surface area (Å²) >= 11 is 1.96. The van der Waals surface area contributed by atoms with Gasteiger partial charge in [0, 0.05) is 17.7 Å². The summed E-state index contributed by atoms with van der Waals surface area (Å²) in [6.45, 7) is 2.05. The molecule has 0 radical (unpaired) electrons. The van der Waals surface area contributed by atoms with E-state index < -0.39 is 0 Å². The van der Waals surface area contributed by atoms with E-state index in [9.17, 15) is 4.79 Å². The predicted molar refractivity (Wildman–Crippen MR) is 62.6 cm³/mol. The molecule has 1 aliphatic rings. The Kier molecular flexibility index (Phi) is 5.38. The van der Waals surface area contributed by atoms with Crippen molar-refractivity contribution in [2.75, 3.05) is 6.26 Å². The van der Waals surface area contributed by atoms with Crippen LogP contribution in [0.3, 0.4) is 0 Å². The van der Waals surface area contributed by atoms with Crippen LogP contribution in [-0.4, -0.2) is 23.5 Å². The van der Waals surface area contributed by atoms with Gasteiger partial charge in [0.25, 0.3) is 0 Å². The standard InChI is InChI=1S/C11H21NOS/c1-3-4-11(13)12-9-5-7-10(14-2)8-6-9/h9-10H,3-8H2,1-2H3,(H,12,13). The summed E-state index contributed by atoms with van der Waals surface area (Å²) in [6.07, 6.45) is 8.67. The summed E-state index contributed by atoms with van der Waals surface area (Å²) < 4.78 is 0. The van der Waals surface area contributed by atoms with Crippen LogP contribution in [0.1, 0.15) is 45.4 Å². The van der Waals surface area contributed by atoms with Crippen molar-refractivity contribution in [3.8, 4) is 0 Å². The smallest absolute Gasteiger partial charge is 0.220 e. The second kappa shape index (κ2) is 6.33. The van der Waals surface area contributed by atoms with E-state index in [4.69, 9.17) is 0 Å². The molecule has 1 amide bonds. The average molecular weight is 215 g/mol. The molecule has 1 N–H and O–H groups in total. The van der Waals surface area contributed by atoms with Crippen molar-refractivity contribution in [2.45, 2.75) is 56.7 Å². The summed E-state index contributed by atoms with van der Waals surface area (Å²) in [5.74, 6) is 0.236. The van der Waals surface area contributed by atoms with Crippen LogP contribution in [0.4, 0.5) is 0 Å². The van der Waals surface area contributed by atoms with Crippen LogP contribution < -0.4 is 5.32 Å². The van der Waals surface area contributed by atoms with E-state index in [-0.39, 0.29) is 5.91 Å². The summed E-state index contributed by atoms with van der Waals surface area (Å²) in [5.41, 5.74) is 0. The highest BCUT2D eigenvalue weighted by atomic mass is 32.2. The molecule has 0 heterocycles. The van der Waals surface area contributed by atoms with Gasteiger partial charge < -0.3 is 5.32 Å². The molecule has 0 spiro atoms. The second-order valence-electron chi connectivity index (χ2n) is 4.03. The van der Waals surface area contributed by atoms with Crippen molar-refractivity contribution in [3.05, 3.63) is 0 Å². The number of amides is 1. The molecule has 3 heteroatoms. The molecule has 0 unspecified atom stereocenters. The Bertz CT molecular complexity index is 176. The van der Waals surface area contributed by atoms with E-state index in [1.54, 1.807) is 0 Å². The molecule has 0 aliphatic heterocycles. The highest BCUT2D eigenvalue weighted by Crippen LogP contribution is 2.26. The molecular weight excluding hydrogens is 194 g/mol. The van der Waals surface area contributed by atoms with Crippen molar-refractivity contribution in [2.24, 2.45) is 0 Å². The first-order chi connectivity index (χ1) is 6.76. The van der Waals surface area contributed by atoms with Gasteiger partial charge in [-0.05, 0) is 38.4 Å². The number of thioether (sulfide) groups is 1. The van der Waals surface area contributed by atoms with Gasteiger partial charge in [-0.25, -0.2) is 0 Å². The molecular formula is C11H21NOS. The third kappa shape index (κ3) is 3.91. The van der Waals surface area contributed by atoms with Gasteiger partial charge in [-0.1, -0.05) is 6.92 Å². The molecule has 0 aromatic heterocycles. The van der Waals surface area contributed by atoms with Crippen molar-refractivity contribution in [1.82, 2.24) is 5.32 Å². The third-order valence-corrected chi connectivity index (χ3v) is 3.99. The number of carbonyl (C=O) groups is 1. The fourth-order valence-electron chi connectivity index (χ4n) is 1.97. The van der Waals surface area contributed by atoms with Crippen LogP contribution in [0.5, 0.6) is 0 Å². The second-order valence-corrected chi connectivity index (χ2v) is 5.16. The zero-order valence-corrected chi connectivity index (χ0v) is 10.0. The first-order valence-electron chi connectivity index (χ1n) is 5.58. The lowest BCUT2D eigenvalue weighted by atomic mass is 9.95. The van der Waals surface area contributed by atoms with Crippen molar-refractivity contribution >= 4 is 17.7 Å². The predicted octanol–water partition coefficient (Wildman–Crippen LogP) is 2.58. The van der Waals surface area contributed by atoms with Gasteiger partial charge in [0.15, 0.2) is 0 Å². The lowest BCUT2D eigenvalue weighted by molar-refractivity contribution is -0.122. The summed E-state index contributed by atoms with van der Waals surface area (Å²) in [4.78, 5) is 11.3. The van der Waals surface area contributed by atoms with Crippen LogP contribution in [0.25, 0.3) is 0 Å². The molecule has 0 aromatic carbocycles. The minimum atomic E-state index is 0.236. The molecule has 1 fully saturated rings. The molecule has 0 atom stereocenters. The topological polar surface area (TPSA) is 29.1 Å². The number of nitrogens with one attached hydrogen (secondary N) is 1. The van der Waals surface area contributed by atoms with Gasteiger partial charge >= 0.3 is 0 Å². The molecule has 82 valence electrons. The Hall–Kier alpha value is -0.180. The van der Waals surface area contributed by atoms with E-state index in [2.05, 4.69) is 11.6 Å². The van der Waals surface area contributed by atoms with Crippen LogP contribution in [0.2, 0.25) is 0 Å². The first kappa shape index (κ1) is 11.9. The molecule has 0 saturated heterocycles. The summed E-state index contributed by atoms with van der Waals surface area (Å²) in [6, 6.07) is 0.456. The fraction of sp³-hybridized carbons (Fsp3) is 0.909. The lowest BCUT2D eigenvalue weighted by Gasteiger charge is -2.27. The van der Waals surface area contributed by atoms with E-state index in [0.717, 1.165) is 11.7 Å². The zero-order chi connectivity index (χ0) is 10.4. The van der Waals surface area contributed by atoms with Gasteiger partial charge in [0.05, 0.1) is 0 Å².